The van der Waals surface area contributed by atoms with Crippen LogP contribution in [0.2, 0.25) is 0 Å². The van der Waals surface area contributed by atoms with Crippen LogP contribution in [0, 0.1) is 0 Å². The van der Waals surface area contributed by atoms with Crippen molar-refractivity contribution in [3.05, 3.63) is 76.0 Å². The van der Waals surface area contributed by atoms with E-state index < -0.39 is 5.97 Å². The average molecular weight is 436 g/mol. The zero-order valence-electron chi connectivity index (χ0n) is 19.3. The van der Waals surface area contributed by atoms with Gasteiger partial charge in [-0.2, -0.15) is 5.10 Å². The van der Waals surface area contributed by atoms with Gasteiger partial charge < -0.3 is 5.11 Å². The zero-order valence-corrected chi connectivity index (χ0v) is 19.3. The van der Waals surface area contributed by atoms with E-state index in [-0.39, 0.29) is 17.2 Å². The maximum atomic E-state index is 13.1. The molecule has 1 N–H and O–H groups in total. The predicted molar refractivity (Wildman–Crippen MR) is 127 cm³/mol. The Labute approximate surface area is 189 Å². The Morgan fingerprint density at radius 3 is 2.41 bits per heavy atom. The number of hydrogen-bond donors (Lipinski definition) is 1. The van der Waals surface area contributed by atoms with Crippen LogP contribution in [-0.4, -0.2) is 25.4 Å². The molecule has 0 aliphatic rings. The lowest BCUT2D eigenvalue weighted by molar-refractivity contribution is 0.0697. The zero-order chi connectivity index (χ0) is 23.1. The highest BCUT2D eigenvalue weighted by molar-refractivity contribution is 5.95. The molecule has 0 fully saturated rings. The number of aromatic carboxylic acids is 1. The SMILES string of the molecule is CCCCCCn1nc(C(C)CC)n(Cc2ccc(-c3ccccc3C(=O)O)cc2)c1=O. The van der Waals surface area contributed by atoms with Gasteiger partial charge >= 0.3 is 11.7 Å². The second kappa shape index (κ2) is 10.9. The molecule has 6 nitrogen and oxygen atoms in total. The molecule has 0 aliphatic carbocycles. The summed E-state index contributed by atoms with van der Waals surface area (Å²) >= 11 is 0. The molecule has 0 amide bonds. The van der Waals surface area contributed by atoms with Crippen LogP contribution in [0.15, 0.2) is 53.3 Å². The van der Waals surface area contributed by atoms with Gasteiger partial charge in [0.1, 0.15) is 5.82 Å². The highest BCUT2D eigenvalue weighted by atomic mass is 16.4. The fourth-order valence-corrected chi connectivity index (χ4v) is 3.88. The molecule has 0 spiro atoms. The van der Waals surface area contributed by atoms with Crippen LogP contribution in [0.5, 0.6) is 0 Å². The maximum Gasteiger partial charge on any atom is 0.346 e. The van der Waals surface area contributed by atoms with Gasteiger partial charge in [-0.1, -0.05) is 82.5 Å². The lowest BCUT2D eigenvalue weighted by Gasteiger charge is -2.11. The third-order valence-corrected chi connectivity index (χ3v) is 5.99. The van der Waals surface area contributed by atoms with Crippen LogP contribution in [0.4, 0.5) is 0 Å². The standard InChI is InChI=1S/C26H33N3O3/c1-4-6-7-10-17-29-26(32)28(24(27-29)19(3)5-2)18-20-13-15-21(16-14-20)22-11-8-9-12-23(22)25(30)31/h8-9,11-16,19H,4-7,10,17-18H2,1-3H3,(H,30,31). The van der Waals surface area contributed by atoms with Crippen LogP contribution in [0.3, 0.4) is 0 Å². The van der Waals surface area contributed by atoms with Gasteiger partial charge in [0.05, 0.1) is 12.1 Å². The van der Waals surface area contributed by atoms with Crippen molar-refractivity contribution in [2.45, 2.75) is 71.9 Å². The molecule has 1 aromatic heterocycles. The maximum absolute atomic E-state index is 13.1. The minimum atomic E-state index is -0.944. The van der Waals surface area contributed by atoms with Crippen molar-refractivity contribution in [2.24, 2.45) is 0 Å². The van der Waals surface area contributed by atoms with E-state index in [0.717, 1.165) is 42.6 Å². The molecule has 1 unspecified atom stereocenters. The molecular formula is C26H33N3O3. The molecule has 170 valence electrons. The van der Waals surface area contributed by atoms with Gasteiger partial charge in [-0.25, -0.2) is 14.3 Å². The van der Waals surface area contributed by atoms with Crippen molar-refractivity contribution in [1.82, 2.24) is 14.3 Å². The first-order chi connectivity index (χ1) is 15.5. The number of carbonyl (C=O) groups is 1. The van der Waals surface area contributed by atoms with E-state index in [1.165, 1.54) is 6.42 Å². The summed E-state index contributed by atoms with van der Waals surface area (Å²) < 4.78 is 3.41. The van der Waals surface area contributed by atoms with Crippen molar-refractivity contribution in [3.8, 4) is 11.1 Å². The number of carboxylic acids is 1. The molecule has 3 aromatic rings. The Morgan fingerprint density at radius 1 is 1.03 bits per heavy atom. The van der Waals surface area contributed by atoms with E-state index in [4.69, 9.17) is 0 Å². The molecule has 3 rings (SSSR count). The van der Waals surface area contributed by atoms with Crippen LogP contribution >= 0.6 is 0 Å². The average Bonchev–Trinajstić information content (AvgIpc) is 3.12. The minimum Gasteiger partial charge on any atom is -0.478 e. The van der Waals surface area contributed by atoms with Crippen molar-refractivity contribution in [2.75, 3.05) is 0 Å². The Balaban J connectivity index is 1.86. The van der Waals surface area contributed by atoms with Gasteiger partial charge in [-0.3, -0.25) is 4.57 Å². The fourth-order valence-electron chi connectivity index (χ4n) is 3.88. The van der Waals surface area contributed by atoms with E-state index >= 15 is 0 Å². The van der Waals surface area contributed by atoms with Gasteiger partial charge in [0.15, 0.2) is 0 Å². The molecule has 0 saturated heterocycles. The molecule has 6 heteroatoms. The monoisotopic (exact) mass is 435 g/mol. The number of hydrogen-bond acceptors (Lipinski definition) is 3. The number of nitrogens with zero attached hydrogens (tertiary/aromatic N) is 3. The minimum absolute atomic E-state index is 0.0582. The van der Waals surface area contributed by atoms with Crippen LogP contribution in [0.25, 0.3) is 11.1 Å². The molecule has 0 saturated carbocycles. The third kappa shape index (κ3) is 5.36. The summed E-state index contributed by atoms with van der Waals surface area (Å²) in [6, 6.07) is 14.7. The van der Waals surface area contributed by atoms with Gasteiger partial charge in [-0.15, -0.1) is 0 Å². The summed E-state index contributed by atoms with van der Waals surface area (Å²) in [7, 11) is 0. The second-order valence-electron chi connectivity index (χ2n) is 8.37. The molecule has 0 aliphatic heterocycles. The van der Waals surface area contributed by atoms with Crippen molar-refractivity contribution in [1.29, 1.82) is 0 Å². The Hall–Kier alpha value is -3.15. The predicted octanol–water partition coefficient (Wildman–Crippen LogP) is 5.55. The second-order valence-corrected chi connectivity index (χ2v) is 8.37. The molecule has 1 heterocycles. The molecule has 2 aromatic carbocycles. The quantitative estimate of drug-likeness (QED) is 0.401. The number of benzene rings is 2. The van der Waals surface area contributed by atoms with E-state index in [1.54, 1.807) is 21.4 Å². The Bertz CT molecular complexity index is 1100. The first-order valence-corrected chi connectivity index (χ1v) is 11.5. The van der Waals surface area contributed by atoms with Crippen LogP contribution in [0.1, 0.15) is 80.5 Å². The first-order valence-electron chi connectivity index (χ1n) is 11.5. The summed E-state index contributed by atoms with van der Waals surface area (Å²) in [6.45, 7) is 7.49. The summed E-state index contributed by atoms with van der Waals surface area (Å²) in [4.78, 5) is 24.6. The number of rotatable bonds is 11. The van der Waals surface area contributed by atoms with Gasteiger partial charge in [0.25, 0.3) is 0 Å². The van der Waals surface area contributed by atoms with E-state index in [2.05, 4.69) is 25.9 Å². The number of unbranched alkanes of at least 4 members (excludes halogenated alkanes) is 3. The summed E-state index contributed by atoms with van der Waals surface area (Å²) in [6.07, 6.45) is 5.31. The number of aryl methyl sites for hydroxylation is 1. The lowest BCUT2D eigenvalue weighted by atomic mass is 9.98. The third-order valence-electron chi connectivity index (χ3n) is 5.99. The largest absolute Gasteiger partial charge is 0.478 e. The first kappa shape index (κ1) is 23.5. The molecular weight excluding hydrogens is 402 g/mol. The van der Waals surface area contributed by atoms with Crippen molar-refractivity contribution >= 4 is 5.97 Å². The topological polar surface area (TPSA) is 77.1 Å². The normalized spacial score (nSPS) is 12.1. The molecule has 1 atom stereocenters. The molecule has 0 bridgehead atoms. The van der Waals surface area contributed by atoms with Crippen LogP contribution < -0.4 is 5.69 Å². The molecule has 32 heavy (non-hydrogen) atoms. The lowest BCUT2D eigenvalue weighted by Crippen LogP contribution is -2.26. The summed E-state index contributed by atoms with van der Waals surface area (Å²) in [5, 5.41) is 14.1. The summed E-state index contributed by atoms with van der Waals surface area (Å²) in [5.74, 6) is 0.0791. The van der Waals surface area contributed by atoms with Crippen molar-refractivity contribution in [3.63, 3.8) is 0 Å². The highest BCUT2D eigenvalue weighted by Gasteiger charge is 2.18. The van der Waals surface area contributed by atoms with Crippen LogP contribution in [-0.2, 0) is 13.1 Å². The van der Waals surface area contributed by atoms with E-state index in [0.29, 0.717) is 18.7 Å². The van der Waals surface area contributed by atoms with Gasteiger partial charge in [0.2, 0.25) is 0 Å². The van der Waals surface area contributed by atoms with E-state index in [1.807, 2.05) is 36.4 Å². The van der Waals surface area contributed by atoms with E-state index in [9.17, 15) is 14.7 Å². The fraction of sp³-hybridized carbons (Fsp3) is 0.423. The summed E-state index contributed by atoms with van der Waals surface area (Å²) in [5.41, 5.74) is 2.73. The molecule has 0 radical (unpaired) electrons. The highest BCUT2D eigenvalue weighted by Crippen LogP contribution is 2.25. The van der Waals surface area contributed by atoms with Gasteiger partial charge in [0, 0.05) is 12.5 Å². The number of aromatic nitrogens is 3. The Morgan fingerprint density at radius 2 is 1.75 bits per heavy atom. The van der Waals surface area contributed by atoms with Gasteiger partial charge in [-0.05, 0) is 35.6 Å². The van der Waals surface area contributed by atoms with Crippen molar-refractivity contribution < 1.29 is 9.90 Å². The smallest absolute Gasteiger partial charge is 0.346 e. The number of carboxylic acid groups (broad SMARTS) is 1. The Kier molecular flexibility index (Phi) is 8.03.